The number of ether oxygens (including phenoxy) is 1. The quantitative estimate of drug-likeness (QED) is 0.785. The van der Waals surface area contributed by atoms with Crippen LogP contribution in [0, 0.1) is 13.8 Å². The number of aryl methyl sites for hydroxylation is 3. The van der Waals surface area contributed by atoms with Crippen LogP contribution >= 0.6 is 0 Å². The Labute approximate surface area is 161 Å². The van der Waals surface area contributed by atoms with Crippen LogP contribution in [0.3, 0.4) is 0 Å². The fourth-order valence-corrected chi connectivity index (χ4v) is 4.05. The number of carbonyl (C=O) groups is 1. The van der Waals surface area contributed by atoms with Gasteiger partial charge in [0.1, 0.15) is 11.9 Å². The molecule has 1 saturated carbocycles. The molecule has 0 N–H and O–H groups in total. The highest BCUT2D eigenvalue weighted by molar-refractivity contribution is 5.77. The van der Waals surface area contributed by atoms with Gasteiger partial charge in [-0.2, -0.15) is 5.10 Å². The van der Waals surface area contributed by atoms with Crippen LogP contribution in [-0.2, 0) is 31.2 Å². The molecule has 0 spiro atoms. The Morgan fingerprint density at radius 2 is 2.11 bits per heavy atom. The highest BCUT2D eigenvalue weighted by atomic mass is 16.5. The molecule has 5 heteroatoms. The monoisotopic (exact) mass is 367 g/mol. The first kappa shape index (κ1) is 18.1. The van der Waals surface area contributed by atoms with Crippen molar-refractivity contribution in [2.75, 3.05) is 0 Å². The summed E-state index contributed by atoms with van der Waals surface area (Å²) in [6.07, 6.45) is 4.81. The average molecular weight is 367 g/mol. The Bertz CT molecular complexity index is 867. The van der Waals surface area contributed by atoms with E-state index in [2.05, 4.69) is 42.0 Å². The van der Waals surface area contributed by atoms with Crippen molar-refractivity contribution in [3.8, 4) is 5.75 Å². The zero-order chi connectivity index (χ0) is 19.1. The lowest BCUT2D eigenvalue weighted by Gasteiger charge is -2.23. The lowest BCUT2D eigenvalue weighted by atomic mass is 10.0. The minimum Gasteiger partial charge on any atom is -0.490 e. The van der Waals surface area contributed by atoms with Crippen LogP contribution in [0.5, 0.6) is 5.75 Å². The van der Waals surface area contributed by atoms with Crippen LogP contribution in [0.1, 0.15) is 54.3 Å². The van der Waals surface area contributed by atoms with E-state index in [0.717, 1.165) is 42.8 Å². The maximum Gasteiger partial charge on any atom is 0.223 e. The van der Waals surface area contributed by atoms with Crippen molar-refractivity contribution in [2.45, 2.75) is 71.6 Å². The molecular formula is C22H29N3O2. The van der Waals surface area contributed by atoms with Crippen LogP contribution in [0.15, 0.2) is 18.2 Å². The fourth-order valence-electron chi connectivity index (χ4n) is 4.05. The van der Waals surface area contributed by atoms with Gasteiger partial charge in [-0.15, -0.1) is 0 Å². The molecule has 2 aromatic rings. The van der Waals surface area contributed by atoms with Crippen molar-refractivity contribution in [1.82, 2.24) is 14.7 Å². The molecule has 1 aliphatic carbocycles. The third kappa shape index (κ3) is 3.73. The van der Waals surface area contributed by atoms with Crippen LogP contribution in [0.25, 0.3) is 0 Å². The Morgan fingerprint density at radius 3 is 2.78 bits per heavy atom. The van der Waals surface area contributed by atoms with E-state index in [0.29, 0.717) is 19.0 Å². The summed E-state index contributed by atoms with van der Waals surface area (Å²) in [6, 6.07) is 6.77. The fraction of sp³-hybridized carbons (Fsp3) is 0.545. The first-order valence-electron chi connectivity index (χ1n) is 9.99. The Morgan fingerprint density at radius 1 is 1.33 bits per heavy atom. The van der Waals surface area contributed by atoms with Crippen molar-refractivity contribution < 1.29 is 9.53 Å². The molecule has 1 aromatic heterocycles. The topological polar surface area (TPSA) is 47.4 Å². The maximum atomic E-state index is 13.0. The molecule has 1 aliphatic heterocycles. The molecular weight excluding hydrogens is 338 g/mol. The van der Waals surface area contributed by atoms with Gasteiger partial charge in [0.15, 0.2) is 0 Å². The predicted molar refractivity (Wildman–Crippen MR) is 105 cm³/mol. The van der Waals surface area contributed by atoms with E-state index in [1.54, 1.807) is 0 Å². The molecule has 2 heterocycles. The van der Waals surface area contributed by atoms with Crippen molar-refractivity contribution in [2.24, 2.45) is 7.05 Å². The van der Waals surface area contributed by atoms with Gasteiger partial charge in [0.05, 0.1) is 5.69 Å². The molecule has 1 atom stereocenters. The Balaban J connectivity index is 1.42. The summed E-state index contributed by atoms with van der Waals surface area (Å²) in [5.41, 5.74) is 5.87. The maximum absolute atomic E-state index is 13.0. The predicted octanol–water partition coefficient (Wildman–Crippen LogP) is 3.48. The van der Waals surface area contributed by atoms with Crippen molar-refractivity contribution in [3.63, 3.8) is 0 Å². The highest BCUT2D eigenvalue weighted by Gasteiger charge is 2.33. The van der Waals surface area contributed by atoms with Gasteiger partial charge >= 0.3 is 0 Å². The summed E-state index contributed by atoms with van der Waals surface area (Å²) in [5, 5.41) is 4.50. The van der Waals surface area contributed by atoms with Gasteiger partial charge < -0.3 is 9.64 Å². The third-order valence-electron chi connectivity index (χ3n) is 5.88. The molecule has 5 nitrogen and oxygen atoms in total. The first-order valence-corrected chi connectivity index (χ1v) is 9.99. The lowest BCUT2D eigenvalue weighted by Crippen LogP contribution is -2.33. The second-order valence-electron chi connectivity index (χ2n) is 8.10. The zero-order valence-electron chi connectivity index (χ0n) is 16.8. The van der Waals surface area contributed by atoms with Crippen LogP contribution in [-0.4, -0.2) is 32.7 Å². The number of nitrogens with zero attached hydrogens (tertiary/aromatic N) is 3. The van der Waals surface area contributed by atoms with E-state index in [1.165, 1.54) is 16.7 Å². The van der Waals surface area contributed by atoms with E-state index in [4.69, 9.17) is 4.74 Å². The van der Waals surface area contributed by atoms with Crippen molar-refractivity contribution in [3.05, 3.63) is 46.3 Å². The number of carbonyl (C=O) groups excluding carboxylic acids is 1. The van der Waals surface area contributed by atoms with Gasteiger partial charge in [-0.25, -0.2) is 0 Å². The number of hydrogen-bond donors (Lipinski definition) is 0. The highest BCUT2D eigenvalue weighted by Crippen LogP contribution is 2.32. The van der Waals surface area contributed by atoms with Gasteiger partial charge in [0, 0.05) is 43.7 Å². The normalized spacial score (nSPS) is 18.3. The first-order chi connectivity index (χ1) is 12.9. The smallest absolute Gasteiger partial charge is 0.223 e. The van der Waals surface area contributed by atoms with Crippen LogP contribution < -0.4 is 4.74 Å². The summed E-state index contributed by atoms with van der Waals surface area (Å²) in [6.45, 7) is 6.90. The van der Waals surface area contributed by atoms with Crippen molar-refractivity contribution in [1.29, 1.82) is 0 Å². The molecule has 1 amide bonds. The number of hydrogen-bond acceptors (Lipinski definition) is 3. The summed E-state index contributed by atoms with van der Waals surface area (Å²) >= 11 is 0. The minimum absolute atomic E-state index is 0.255. The average Bonchev–Trinajstić information content (AvgIpc) is 3.35. The number of benzene rings is 1. The Hall–Kier alpha value is -2.30. The Kier molecular flexibility index (Phi) is 4.70. The molecule has 1 fully saturated rings. The van der Waals surface area contributed by atoms with Crippen LogP contribution in [0.4, 0.5) is 0 Å². The molecule has 27 heavy (non-hydrogen) atoms. The molecule has 2 aliphatic rings. The van der Waals surface area contributed by atoms with E-state index < -0.39 is 0 Å². The lowest BCUT2D eigenvalue weighted by molar-refractivity contribution is -0.132. The van der Waals surface area contributed by atoms with Gasteiger partial charge in [-0.05, 0) is 57.2 Å². The molecule has 1 aromatic carbocycles. The zero-order valence-corrected chi connectivity index (χ0v) is 16.8. The number of amides is 1. The summed E-state index contributed by atoms with van der Waals surface area (Å²) in [5.74, 6) is 1.25. The minimum atomic E-state index is 0.255. The van der Waals surface area contributed by atoms with E-state index in [9.17, 15) is 4.79 Å². The van der Waals surface area contributed by atoms with E-state index >= 15 is 0 Å². The molecule has 0 radical (unpaired) electrons. The number of fused-ring (bicyclic) bond motifs is 1. The number of rotatable bonds is 6. The largest absolute Gasteiger partial charge is 0.490 e. The van der Waals surface area contributed by atoms with Gasteiger partial charge in [-0.1, -0.05) is 12.1 Å². The van der Waals surface area contributed by atoms with Crippen LogP contribution in [0.2, 0.25) is 0 Å². The summed E-state index contributed by atoms with van der Waals surface area (Å²) in [4.78, 5) is 15.1. The van der Waals surface area contributed by atoms with Gasteiger partial charge in [-0.3, -0.25) is 9.48 Å². The van der Waals surface area contributed by atoms with E-state index in [-0.39, 0.29) is 12.0 Å². The second kappa shape index (κ2) is 7.02. The standard InChI is InChI=1S/C22H29N3O2/c1-14-11-18-12-17(5-9-21(18)27-14)6-10-22(26)25(19-7-8-19)13-20-15(2)23-24(4)16(20)3/h5,9,12,14,19H,6-8,10-11,13H2,1-4H3/t14-/m0/s1. The molecule has 0 saturated heterocycles. The molecule has 4 rings (SSSR count). The molecule has 144 valence electrons. The summed E-state index contributed by atoms with van der Waals surface area (Å²) in [7, 11) is 1.97. The van der Waals surface area contributed by atoms with Gasteiger partial charge in [0.25, 0.3) is 0 Å². The SMILES string of the molecule is Cc1nn(C)c(C)c1CN(C(=O)CCc1ccc2c(c1)C[C@H](C)O2)C1CC1. The molecule has 0 unspecified atom stereocenters. The van der Waals surface area contributed by atoms with Crippen molar-refractivity contribution >= 4 is 5.91 Å². The van der Waals surface area contributed by atoms with E-state index in [1.807, 2.05) is 18.7 Å². The third-order valence-corrected chi connectivity index (χ3v) is 5.88. The summed E-state index contributed by atoms with van der Waals surface area (Å²) < 4.78 is 7.68. The number of aromatic nitrogens is 2. The second-order valence-corrected chi connectivity index (χ2v) is 8.10. The molecule has 0 bridgehead atoms. The van der Waals surface area contributed by atoms with Gasteiger partial charge in [0.2, 0.25) is 5.91 Å².